The Balaban J connectivity index is 2.21. The Labute approximate surface area is 129 Å². The Bertz CT molecular complexity index is 807. The highest BCUT2D eigenvalue weighted by molar-refractivity contribution is 7.89. The van der Waals surface area contributed by atoms with Crippen LogP contribution in [0.2, 0.25) is 0 Å². The van der Waals surface area contributed by atoms with Gasteiger partial charge in [-0.1, -0.05) is 12.1 Å². The van der Waals surface area contributed by atoms with Crippen molar-refractivity contribution in [2.45, 2.75) is 11.0 Å². The van der Waals surface area contributed by atoms with Crippen molar-refractivity contribution in [1.82, 2.24) is 4.72 Å². The highest BCUT2D eigenvalue weighted by Crippen LogP contribution is 2.21. The molecule has 0 aromatic heterocycles. The van der Waals surface area contributed by atoms with Gasteiger partial charge in [0.15, 0.2) is 11.6 Å². The summed E-state index contributed by atoms with van der Waals surface area (Å²) in [6.45, 7) is -0.823. The number of aliphatic hydroxyl groups excluding tert-OH is 1. The first kappa shape index (κ1) is 17.4. The van der Waals surface area contributed by atoms with Crippen LogP contribution in [0.3, 0.4) is 0 Å². The molecule has 0 bridgehead atoms. The van der Waals surface area contributed by atoms with E-state index in [0.717, 1.165) is 36.4 Å². The molecule has 0 saturated carbocycles. The van der Waals surface area contributed by atoms with Crippen molar-refractivity contribution in [3.63, 3.8) is 0 Å². The summed E-state index contributed by atoms with van der Waals surface area (Å²) in [4.78, 5) is -0.973. The lowest BCUT2D eigenvalue weighted by Gasteiger charge is -2.14. The third-order valence-corrected chi connectivity index (χ3v) is 4.45. The van der Waals surface area contributed by atoms with Crippen LogP contribution in [-0.4, -0.2) is 20.1 Å². The minimum absolute atomic E-state index is 0.727. The number of hydrogen-bond donors (Lipinski definition) is 2. The van der Waals surface area contributed by atoms with Crippen LogP contribution in [0.5, 0.6) is 0 Å². The van der Waals surface area contributed by atoms with Crippen molar-refractivity contribution in [1.29, 1.82) is 0 Å². The Hall–Kier alpha value is -1.97. The molecule has 9 heteroatoms. The Morgan fingerprint density at radius 1 is 0.957 bits per heavy atom. The molecule has 1 atom stereocenters. The highest BCUT2D eigenvalue weighted by Gasteiger charge is 2.24. The quantitative estimate of drug-likeness (QED) is 0.814. The molecule has 2 aromatic rings. The Morgan fingerprint density at radius 3 is 2.09 bits per heavy atom. The van der Waals surface area contributed by atoms with Crippen LogP contribution in [0.4, 0.5) is 17.6 Å². The first-order chi connectivity index (χ1) is 10.7. The monoisotopic (exact) mass is 349 g/mol. The Morgan fingerprint density at radius 2 is 1.48 bits per heavy atom. The fraction of sp³-hybridized carbons (Fsp3) is 0.143. The molecule has 2 rings (SSSR count). The second kappa shape index (κ2) is 6.65. The van der Waals surface area contributed by atoms with Gasteiger partial charge in [-0.2, -0.15) is 0 Å². The number of hydrogen-bond acceptors (Lipinski definition) is 3. The molecule has 124 valence electrons. The Kier molecular flexibility index (Phi) is 5.03. The van der Waals surface area contributed by atoms with E-state index in [2.05, 4.69) is 0 Å². The van der Waals surface area contributed by atoms with Crippen LogP contribution in [0.25, 0.3) is 0 Å². The third-order valence-electron chi connectivity index (χ3n) is 3.01. The van der Waals surface area contributed by atoms with Crippen molar-refractivity contribution in [3.8, 4) is 0 Å². The highest BCUT2D eigenvalue weighted by atomic mass is 32.2. The molecule has 0 fully saturated rings. The smallest absolute Gasteiger partial charge is 0.243 e. The largest absolute Gasteiger partial charge is 0.387 e. The first-order valence-corrected chi connectivity index (χ1v) is 7.78. The first-order valence-electron chi connectivity index (χ1n) is 6.29. The summed E-state index contributed by atoms with van der Waals surface area (Å²) < 4.78 is 79.1. The molecule has 0 heterocycles. The lowest BCUT2D eigenvalue weighted by atomic mass is 10.1. The normalized spacial score (nSPS) is 13.1. The van der Waals surface area contributed by atoms with Gasteiger partial charge < -0.3 is 5.11 Å². The molecule has 0 aliphatic rings. The van der Waals surface area contributed by atoms with E-state index in [1.165, 1.54) is 0 Å². The summed E-state index contributed by atoms with van der Waals surface area (Å²) in [5.41, 5.74) is -0.727. The van der Waals surface area contributed by atoms with Gasteiger partial charge in [0.2, 0.25) is 10.0 Å². The molecule has 0 radical (unpaired) electrons. The van der Waals surface area contributed by atoms with E-state index in [4.69, 9.17) is 0 Å². The molecular formula is C14H11F4NO3S. The van der Waals surface area contributed by atoms with Crippen molar-refractivity contribution in [2.24, 2.45) is 0 Å². The predicted molar refractivity (Wildman–Crippen MR) is 72.9 cm³/mol. The van der Waals surface area contributed by atoms with Crippen LogP contribution in [-0.2, 0) is 10.0 Å². The maximum absolute atomic E-state index is 13.5. The minimum atomic E-state index is -4.51. The number of halogens is 4. The SMILES string of the molecule is O=S(=O)(NCC(O)c1c(F)cccc1F)c1cccc(F)c1F. The van der Waals surface area contributed by atoms with Crippen LogP contribution < -0.4 is 4.72 Å². The average molecular weight is 349 g/mol. The molecular weight excluding hydrogens is 338 g/mol. The molecule has 0 spiro atoms. The van der Waals surface area contributed by atoms with Gasteiger partial charge in [0.1, 0.15) is 16.5 Å². The van der Waals surface area contributed by atoms with Crippen molar-refractivity contribution < 1.29 is 31.1 Å². The van der Waals surface area contributed by atoms with Gasteiger partial charge in [-0.3, -0.25) is 0 Å². The molecule has 0 aliphatic heterocycles. The molecule has 4 nitrogen and oxygen atoms in total. The van der Waals surface area contributed by atoms with Crippen molar-refractivity contribution >= 4 is 10.0 Å². The van der Waals surface area contributed by atoms with E-state index in [-0.39, 0.29) is 0 Å². The topological polar surface area (TPSA) is 66.4 Å². The molecule has 0 aliphatic carbocycles. The van der Waals surface area contributed by atoms with Crippen LogP contribution >= 0.6 is 0 Å². The summed E-state index contributed by atoms with van der Waals surface area (Å²) >= 11 is 0. The van der Waals surface area contributed by atoms with E-state index in [9.17, 15) is 31.1 Å². The lowest BCUT2D eigenvalue weighted by molar-refractivity contribution is 0.172. The number of rotatable bonds is 5. The van der Waals surface area contributed by atoms with Gasteiger partial charge in [0.25, 0.3) is 0 Å². The van der Waals surface area contributed by atoms with Crippen molar-refractivity contribution in [3.05, 3.63) is 65.2 Å². The molecule has 0 amide bonds. The molecule has 23 heavy (non-hydrogen) atoms. The summed E-state index contributed by atoms with van der Waals surface area (Å²) in [5.74, 6) is -5.08. The standard InChI is InChI=1S/C14H11F4NO3S/c15-8-3-1-4-9(16)13(8)11(20)7-19-23(21,22)12-6-2-5-10(17)14(12)18/h1-6,11,19-20H,7H2. The van der Waals surface area contributed by atoms with E-state index >= 15 is 0 Å². The maximum atomic E-state index is 13.5. The zero-order valence-electron chi connectivity index (χ0n) is 11.4. The van der Waals surface area contributed by atoms with Gasteiger partial charge in [-0.15, -0.1) is 0 Å². The molecule has 2 N–H and O–H groups in total. The van der Waals surface area contributed by atoms with Crippen molar-refractivity contribution in [2.75, 3.05) is 6.54 Å². The lowest BCUT2D eigenvalue weighted by Crippen LogP contribution is -2.30. The molecule has 1 unspecified atom stereocenters. The van der Waals surface area contributed by atoms with Crippen LogP contribution in [0.15, 0.2) is 41.3 Å². The van der Waals surface area contributed by atoms with E-state index in [1.54, 1.807) is 4.72 Å². The molecule has 0 saturated heterocycles. The van der Waals surface area contributed by atoms with Gasteiger partial charge in [0, 0.05) is 6.54 Å². The second-order valence-electron chi connectivity index (χ2n) is 4.55. The summed E-state index contributed by atoms with van der Waals surface area (Å²) in [6.07, 6.45) is -1.84. The summed E-state index contributed by atoms with van der Waals surface area (Å²) in [6, 6.07) is 5.40. The van der Waals surface area contributed by atoms with Gasteiger partial charge in [-0.05, 0) is 24.3 Å². The minimum Gasteiger partial charge on any atom is -0.387 e. The van der Waals surface area contributed by atoms with Gasteiger partial charge in [-0.25, -0.2) is 30.7 Å². The maximum Gasteiger partial charge on any atom is 0.243 e. The summed E-state index contributed by atoms with van der Waals surface area (Å²) in [5, 5.41) is 9.74. The fourth-order valence-corrected chi connectivity index (χ4v) is 3.01. The second-order valence-corrected chi connectivity index (χ2v) is 6.29. The predicted octanol–water partition coefficient (Wildman–Crippen LogP) is 2.25. The van der Waals surface area contributed by atoms with E-state index < -0.39 is 56.4 Å². The number of nitrogens with one attached hydrogen (secondary N) is 1. The number of sulfonamides is 1. The average Bonchev–Trinajstić information content (AvgIpc) is 2.48. The van der Waals surface area contributed by atoms with E-state index in [0.29, 0.717) is 0 Å². The molecule has 2 aromatic carbocycles. The zero-order valence-corrected chi connectivity index (χ0v) is 12.2. The number of aliphatic hydroxyl groups is 1. The van der Waals surface area contributed by atoms with E-state index in [1.807, 2.05) is 0 Å². The van der Waals surface area contributed by atoms with Crippen LogP contribution in [0, 0.1) is 23.3 Å². The van der Waals surface area contributed by atoms with Gasteiger partial charge in [0.05, 0.1) is 11.7 Å². The number of benzene rings is 2. The van der Waals surface area contributed by atoms with Gasteiger partial charge >= 0.3 is 0 Å². The summed E-state index contributed by atoms with van der Waals surface area (Å²) in [7, 11) is -4.51. The van der Waals surface area contributed by atoms with Crippen LogP contribution in [0.1, 0.15) is 11.7 Å². The fourth-order valence-electron chi connectivity index (χ4n) is 1.89. The third kappa shape index (κ3) is 3.69. The zero-order chi connectivity index (χ0) is 17.2.